The molecule has 0 unspecified atom stereocenters. The summed E-state index contributed by atoms with van der Waals surface area (Å²) >= 11 is 1.79. The molecule has 108 valence electrons. The summed E-state index contributed by atoms with van der Waals surface area (Å²) < 4.78 is 13.3. The van der Waals surface area contributed by atoms with Gasteiger partial charge in [-0.25, -0.2) is 4.98 Å². The second-order valence-electron chi connectivity index (χ2n) is 8.28. The average molecular weight is 291 g/mol. The van der Waals surface area contributed by atoms with E-state index >= 15 is 0 Å². The van der Waals surface area contributed by atoms with Crippen LogP contribution in [0.15, 0.2) is 6.20 Å². The van der Waals surface area contributed by atoms with E-state index in [2.05, 4.69) is 39.6 Å². The van der Waals surface area contributed by atoms with E-state index in [-0.39, 0.29) is 18.3 Å². The van der Waals surface area contributed by atoms with Gasteiger partial charge in [0.25, 0.3) is 0 Å². The van der Waals surface area contributed by atoms with Crippen LogP contribution in [0.1, 0.15) is 58.9 Å². The van der Waals surface area contributed by atoms with E-state index in [4.69, 9.17) is 9.31 Å². The smallest absolute Gasteiger partial charge is 0.399 e. The summed E-state index contributed by atoms with van der Waals surface area (Å²) in [5.74, 6) is 0. The lowest BCUT2D eigenvalue weighted by Gasteiger charge is -2.68. The molecule has 1 saturated heterocycles. The largest absolute Gasteiger partial charge is 0.507 e. The molecule has 0 amide bonds. The molecule has 1 aliphatic heterocycles. The molecule has 5 heteroatoms. The van der Waals surface area contributed by atoms with Crippen LogP contribution in [0, 0.1) is 5.41 Å². The molecule has 3 saturated carbocycles. The minimum atomic E-state index is -0.272. The molecule has 3 nitrogen and oxygen atoms in total. The van der Waals surface area contributed by atoms with E-state index < -0.39 is 0 Å². The molecule has 4 aliphatic rings. The molecule has 0 radical (unpaired) electrons. The zero-order chi connectivity index (χ0) is 14.4. The molecule has 1 aromatic rings. The summed E-state index contributed by atoms with van der Waals surface area (Å²) in [5, 5.41) is 1.30. The van der Waals surface area contributed by atoms with Gasteiger partial charge >= 0.3 is 7.12 Å². The van der Waals surface area contributed by atoms with Crippen molar-refractivity contribution in [1.29, 1.82) is 0 Å². The second kappa shape index (κ2) is 3.50. The van der Waals surface area contributed by atoms with Gasteiger partial charge in [-0.2, -0.15) is 0 Å². The van der Waals surface area contributed by atoms with E-state index in [1.165, 1.54) is 24.3 Å². The van der Waals surface area contributed by atoms with Crippen molar-refractivity contribution in [1.82, 2.24) is 4.98 Å². The Morgan fingerprint density at radius 2 is 1.60 bits per heavy atom. The minimum absolute atomic E-state index is 0.255. The van der Waals surface area contributed by atoms with Crippen LogP contribution in [0.4, 0.5) is 0 Å². The molecule has 4 fully saturated rings. The highest BCUT2D eigenvalue weighted by molar-refractivity contribution is 7.22. The van der Waals surface area contributed by atoms with Crippen LogP contribution >= 0.6 is 11.3 Å². The van der Waals surface area contributed by atoms with Crippen molar-refractivity contribution in [2.24, 2.45) is 5.41 Å². The lowest BCUT2D eigenvalue weighted by Crippen LogP contribution is -2.62. The zero-order valence-electron chi connectivity index (χ0n) is 12.9. The topological polar surface area (TPSA) is 31.4 Å². The number of nitrogens with zero attached hydrogens (tertiary/aromatic N) is 1. The molecule has 0 atom stereocenters. The number of hydrogen-bond donors (Lipinski definition) is 0. The van der Waals surface area contributed by atoms with Gasteiger partial charge in [-0.05, 0) is 52.4 Å². The van der Waals surface area contributed by atoms with Gasteiger partial charge in [0.2, 0.25) is 0 Å². The quantitative estimate of drug-likeness (QED) is 0.785. The molecule has 2 bridgehead atoms. The first-order valence-electron chi connectivity index (χ1n) is 7.47. The molecule has 5 rings (SSSR count). The van der Waals surface area contributed by atoms with E-state index in [1.54, 1.807) is 11.3 Å². The molecule has 2 heterocycles. The maximum Gasteiger partial charge on any atom is 0.507 e. The van der Waals surface area contributed by atoms with Gasteiger partial charge in [0.05, 0.1) is 21.0 Å². The summed E-state index contributed by atoms with van der Waals surface area (Å²) in [5.41, 5.74) is 0.481. The molecule has 3 aliphatic carbocycles. The van der Waals surface area contributed by atoms with Crippen molar-refractivity contribution in [3.05, 3.63) is 11.2 Å². The van der Waals surface area contributed by atoms with Crippen molar-refractivity contribution >= 4 is 23.2 Å². The number of hydrogen-bond acceptors (Lipinski definition) is 4. The summed E-state index contributed by atoms with van der Waals surface area (Å²) in [6, 6.07) is 0. The van der Waals surface area contributed by atoms with Crippen molar-refractivity contribution < 1.29 is 9.31 Å². The third-order valence-electron chi connectivity index (χ3n) is 5.76. The van der Waals surface area contributed by atoms with Gasteiger partial charge in [0, 0.05) is 11.6 Å². The molecular weight excluding hydrogens is 269 g/mol. The summed E-state index contributed by atoms with van der Waals surface area (Å²) in [7, 11) is -0.255. The van der Waals surface area contributed by atoms with Gasteiger partial charge in [0.15, 0.2) is 0 Å². The van der Waals surface area contributed by atoms with Crippen LogP contribution < -0.4 is 4.78 Å². The van der Waals surface area contributed by atoms with Gasteiger partial charge in [-0.15, -0.1) is 11.3 Å². The number of thiazole rings is 1. The average Bonchev–Trinajstić information content (AvgIpc) is 2.77. The van der Waals surface area contributed by atoms with Crippen molar-refractivity contribution in [2.75, 3.05) is 0 Å². The van der Waals surface area contributed by atoms with Crippen LogP contribution in [0.5, 0.6) is 0 Å². The van der Waals surface area contributed by atoms with Gasteiger partial charge in [-0.1, -0.05) is 6.92 Å². The Balaban J connectivity index is 1.55. The predicted octanol–water partition coefficient (Wildman–Crippen LogP) is 2.88. The van der Waals surface area contributed by atoms with Crippen LogP contribution in [0.25, 0.3) is 0 Å². The summed E-state index contributed by atoms with van der Waals surface area (Å²) in [6.45, 7) is 10.8. The molecule has 0 N–H and O–H groups in total. The SMILES string of the molecule is CC12CC(c3ncc(B4OC(C)(C)C(C)(C)O4)s3)(C1)C2. The van der Waals surface area contributed by atoms with Gasteiger partial charge < -0.3 is 9.31 Å². The van der Waals surface area contributed by atoms with E-state index in [0.717, 1.165) is 4.78 Å². The predicted molar refractivity (Wildman–Crippen MR) is 81.5 cm³/mol. The Labute approximate surface area is 125 Å². The monoisotopic (exact) mass is 291 g/mol. The fraction of sp³-hybridized carbons (Fsp3) is 0.800. The Morgan fingerprint density at radius 1 is 1.05 bits per heavy atom. The van der Waals surface area contributed by atoms with Crippen LogP contribution in [0.2, 0.25) is 0 Å². The third kappa shape index (κ3) is 1.57. The van der Waals surface area contributed by atoms with Crippen molar-refractivity contribution in [3.63, 3.8) is 0 Å². The molecule has 0 aromatic carbocycles. The number of rotatable bonds is 2. The van der Waals surface area contributed by atoms with E-state index in [9.17, 15) is 0 Å². The maximum atomic E-state index is 6.11. The standard InChI is InChI=1S/C15H22BNO2S/c1-12(2)13(3,4)19-16(18-12)10-6-17-11(20-10)15-7-14(5,8-15)9-15/h6H,7-9H2,1-5H3. The highest BCUT2D eigenvalue weighted by Crippen LogP contribution is 2.73. The van der Waals surface area contributed by atoms with Gasteiger partial charge in [0.1, 0.15) is 0 Å². The Hall–Kier alpha value is -0.385. The van der Waals surface area contributed by atoms with E-state index in [0.29, 0.717) is 10.8 Å². The van der Waals surface area contributed by atoms with Gasteiger partial charge in [-0.3, -0.25) is 0 Å². The molecular formula is C15H22BNO2S. The molecule has 1 aromatic heterocycles. The third-order valence-corrected chi connectivity index (χ3v) is 7.02. The molecule has 20 heavy (non-hydrogen) atoms. The Bertz CT molecular complexity index is 544. The Kier molecular flexibility index (Phi) is 2.33. The number of aromatic nitrogens is 1. The Morgan fingerprint density at radius 3 is 2.10 bits per heavy atom. The first kappa shape index (κ1) is 13.3. The summed E-state index contributed by atoms with van der Waals surface area (Å²) in [4.78, 5) is 4.68. The first-order valence-corrected chi connectivity index (χ1v) is 8.28. The lowest BCUT2D eigenvalue weighted by molar-refractivity contribution is -0.125. The second-order valence-corrected chi connectivity index (χ2v) is 9.34. The maximum absolute atomic E-state index is 6.11. The van der Waals surface area contributed by atoms with Crippen molar-refractivity contribution in [3.8, 4) is 0 Å². The fourth-order valence-corrected chi connectivity index (χ4v) is 5.18. The fourth-order valence-electron chi connectivity index (χ4n) is 4.12. The first-order chi connectivity index (χ1) is 9.15. The molecule has 0 spiro atoms. The highest BCUT2D eigenvalue weighted by atomic mass is 32.1. The summed E-state index contributed by atoms with van der Waals surface area (Å²) in [6.07, 6.45) is 5.91. The van der Waals surface area contributed by atoms with Crippen molar-refractivity contribution in [2.45, 2.75) is 70.5 Å². The van der Waals surface area contributed by atoms with Crippen LogP contribution in [0.3, 0.4) is 0 Å². The van der Waals surface area contributed by atoms with E-state index in [1.807, 2.05) is 6.20 Å². The normalized spacial score (nSPS) is 40.4. The zero-order valence-corrected chi connectivity index (χ0v) is 13.8. The lowest BCUT2D eigenvalue weighted by atomic mass is 9.36. The minimum Gasteiger partial charge on any atom is -0.399 e. The highest BCUT2D eigenvalue weighted by Gasteiger charge is 2.67. The van der Waals surface area contributed by atoms with Crippen LogP contribution in [-0.2, 0) is 14.7 Å². The van der Waals surface area contributed by atoms with Crippen LogP contribution in [-0.4, -0.2) is 23.3 Å².